The minimum absolute atomic E-state index is 0.0531. The summed E-state index contributed by atoms with van der Waals surface area (Å²) in [6, 6.07) is 9.86. The molecule has 2 N–H and O–H groups in total. The molecule has 2 heterocycles. The van der Waals surface area contributed by atoms with Crippen molar-refractivity contribution in [2.75, 3.05) is 18.5 Å². The molecule has 0 aliphatic carbocycles. The molecule has 88 valence electrons. The molecule has 4 nitrogen and oxygen atoms in total. The molecule has 0 radical (unpaired) electrons. The van der Waals surface area contributed by atoms with Crippen LogP contribution in [0.25, 0.3) is 10.9 Å². The summed E-state index contributed by atoms with van der Waals surface area (Å²) in [7, 11) is 0. The van der Waals surface area contributed by atoms with E-state index in [1.807, 2.05) is 30.3 Å². The fourth-order valence-electron chi connectivity index (χ4n) is 2.10. The minimum Gasteiger partial charge on any atom is -0.388 e. The van der Waals surface area contributed by atoms with E-state index in [1.54, 1.807) is 6.20 Å². The van der Waals surface area contributed by atoms with Gasteiger partial charge in [-0.1, -0.05) is 18.2 Å². The van der Waals surface area contributed by atoms with Crippen molar-refractivity contribution in [3.8, 4) is 0 Å². The molecule has 0 amide bonds. The van der Waals surface area contributed by atoms with Gasteiger partial charge < -0.3 is 15.2 Å². The van der Waals surface area contributed by atoms with E-state index in [9.17, 15) is 5.11 Å². The second-order valence-corrected chi connectivity index (χ2v) is 4.24. The zero-order valence-corrected chi connectivity index (χ0v) is 9.34. The number of ether oxygens (including phenoxy) is 1. The van der Waals surface area contributed by atoms with Gasteiger partial charge in [0.25, 0.3) is 0 Å². The number of fused-ring (bicyclic) bond motifs is 1. The summed E-state index contributed by atoms with van der Waals surface area (Å²) >= 11 is 0. The van der Waals surface area contributed by atoms with E-state index in [4.69, 9.17) is 4.74 Å². The zero-order valence-electron chi connectivity index (χ0n) is 9.34. The van der Waals surface area contributed by atoms with Crippen molar-refractivity contribution < 1.29 is 9.84 Å². The van der Waals surface area contributed by atoms with Crippen LogP contribution in [0.1, 0.15) is 0 Å². The molecule has 2 atom stereocenters. The lowest BCUT2D eigenvalue weighted by atomic mass is 10.1. The largest absolute Gasteiger partial charge is 0.388 e. The molecule has 0 spiro atoms. The third-order valence-electron chi connectivity index (χ3n) is 3.02. The first-order valence-electron chi connectivity index (χ1n) is 5.71. The predicted octanol–water partition coefficient (Wildman–Crippen LogP) is 1.41. The number of hydrogen-bond acceptors (Lipinski definition) is 4. The van der Waals surface area contributed by atoms with Gasteiger partial charge in [0, 0.05) is 11.6 Å². The van der Waals surface area contributed by atoms with E-state index in [0.29, 0.717) is 13.2 Å². The smallest absolute Gasteiger partial charge is 0.0996 e. The van der Waals surface area contributed by atoms with Crippen LogP contribution in [0.15, 0.2) is 36.5 Å². The zero-order chi connectivity index (χ0) is 11.7. The summed E-state index contributed by atoms with van der Waals surface area (Å²) < 4.78 is 5.22. The number of aromatic nitrogens is 1. The molecule has 1 aliphatic rings. The van der Waals surface area contributed by atoms with E-state index in [0.717, 1.165) is 16.6 Å². The highest BCUT2D eigenvalue weighted by molar-refractivity contribution is 5.90. The van der Waals surface area contributed by atoms with Gasteiger partial charge in [-0.25, -0.2) is 0 Å². The molecule has 3 rings (SSSR count). The number of nitrogens with one attached hydrogen (secondary N) is 1. The van der Waals surface area contributed by atoms with Gasteiger partial charge >= 0.3 is 0 Å². The molecule has 0 bridgehead atoms. The van der Waals surface area contributed by atoms with Crippen LogP contribution in [0.3, 0.4) is 0 Å². The highest BCUT2D eigenvalue weighted by Gasteiger charge is 2.26. The van der Waals surface area contributed by atoms with E-state index in [2.05, 4.69) is 10.3 Å². The number of anilines is 1. The Morgan fingerprint density at radius 3 is 2.94 bits per heavy atom. The Balaban J connectivity index is 1.94. The highest BCUT2D eigenvalue weighted by Crippen LogP contribution is 2.22. The van der Waals surface area contributed by atoms with Crippen molar-refractivity contribution in [3.63, 3.8) is 0 Å². The first kappa shape index (κ1) is 10.5. The van der Waals surface area contributed by atoms with Crippen LogP contribution in [0, 0.1) is 0 Å². The van der Waals surface area contributed by atoms with Gasteiger partial charge in [-0.3, -0.25) is 4.98 Å². The fraction of sp³-hybridized carbons (Fsp3) is 0.308. The third kappa shape index (κ3) is 1.97. The average Bonchev–Trinajstić information content (AvgIpc) is 2.76. The maximum Gasteiger partial charge on any atom is 0.0996 e. The van der Waals surface area contributed by atoms with E-state index >= 15 is 0 Å². The maximum atomic E-state index is 9.71. The normalized spacial score (nSPS) is 24.1. The van der Waals surface area contributed by atoms with E-state index in [-0.39, 0.29) is 6.04 Å². The van der Waals surface area contributed by atoms with Crippen LogP contribution in [-0.4, -0.2) is 35.5 Å². The molecular weight excluding hydrogens is 216 g/mol. The summed E-state index contributed by atoms with van der Waals surface area (Å²) in [4.78, 5) is 4.36. The molecule has 17 heavy (non-hydrogen) atoms. The lowest BCUT2D eigenvalue weighted by molar-refractivity contribution is 0.125. The number of para-hydroxylation sites is 1. The summed E-state index contributed by atoms with van der Waals surface area (Å²) in [5.41, 5.74) is 1.87. The topological polar surface area (TPSA) is 54.4 Å². The number of hydrogen-bond donors (Lipinski definition) is 2. The van der Waals surface area contributed by atoms with Crippen molar-refractivity contribution in [1.82, 2.24) is 4.98 Å². The summed E-state index contributed by atoms with van der Waals surface area (Å²) in [6.07, 6.45) is 1.32. The van der Waals surface area contributed by atoms with Gasteiger partial charge in [-0.05, 0) is 12.1 Å². The number of aliphatic hydroxyl groups excluding tert-OH is 1. The molecule has 1 aromatic carbocycles. The van der Waals surface area contributed by atoms with E-state index < -0.39 is 6.10 Å². The third-order valence-corrected chi connectivity index (χ3v) is 3.02. The number of pyridine rings is 1. The molecule has 1 aliphatic heterocycles. The second kappa shape index (κ2) is 4.31. The first-order chi connectivity index (χ1) is 8.34. The standard InChI is InChI=1S/C13H14N2O2/c16-12-8-17-7-11(12)15-10-5-1-3-9-4-2-6-14-13(9)10/h1-6,11-12,15-16H,7-8H2/t11-,12-/m0/s1. The van der Waals surface area contributed by atoms with Crippen molar-refractivity contribution in [2.45, 2.75) is 12.1 Å². The lowest BCUT2D eigenvalue weighted by Crippen LogP contribution is -2.31. The SMILES string of the molecule is O[C@H]1COC[C@@H]1Nc1cccc2cccnc12. The molecule has 1 aromatic heterocycles. The van der Waals surface area contributed by atoms with Crippen LogP contribution < -0.4 is 5.32 Å². The van der Waals surface area contributed by atoms with Gasteiger partial charge in [0.1, 0.15) is 0 Å². The number of benzene rings is 1. The van der Waals surface area contributed by atoms with Crippen molar-refractivity contribution in [1.29, 1.82) is 0 Å². The first-order valence-corrected chi connectivity index (χ1v) is 5.71. The minimum atomic E-state index is -0.450. The Bertz CT molecular complexity index is 524. The maximum absolute atomic E-state index is 9.71. The lowest BCUT2D eigenvalue weighted by Gasteiger charge is -2.16. The second-order valence-electron chi connectivity index (χ2n) is 4.24. The summed E-state index contributed by atoms with van der Waals surface area (Å²) in [5.74, 6) is 0. The summed E-state index contributed by atoms with van der Waals surface area (Å²) in [5, 5.41) is 14.1. The Morgan fingerprint density at radius 2 is 2.12 bits per heavy atom. The average molecular weight is 230 g/mol. The molecule has 4 heteroatoms. The Morgan fingerprint density at radius 1 is 1.24 bits per heavy atom. The van der Waals surface area contributed by atoms with Crippen LogP contribution in [0.5, 0.6) is 0 Å². The van der Waals surface area contributed by atoms with E-state index in [1.165, 1.54) is 0 Å². The van der Waals surface area contributed by atoms with Crippen LogP contribution >= 0.6 is 0 Å². The van der Waals surface area contributed by atoms with Crippen LogP contribution in [0.4, 0.5) is 5.69 Å². The van der Waals surface area contributed by atoms with Gasteiger partial charge in [-0.2, -0.15) is 0 Å². The molecule has 0 unspecified atom stereocenters. The van der Waals surface area contributed by atoms with Crippen molar-refractivity contribution in [3.05, 3.63) is 36.5 Å². The van der Waals surface area contributed by atoms with Gasteiger partial charge in [0.05, 0.1) is 36.6 Å². The Kier molecular flexibility index (Phi) is 2.66. The van der Waals surface area contributed by atoms with Crippen molar-refractivity contribution in [2.24, 2.45) is 0 Å². The summed E-state index contributed by atoms with van der Waals surface area (Å²) in [6.45, 7) is 0.931. The molecule has 1 saturated heterocycles. The fourth-order valence-corrected chi connectivity index (χ4v) is 2.10. The van der Waals surface area contributed by atoms with Gasteiger partial charge in [0.15, 0.2) is 0 Å². The number of aliphatic hydroxyl groups is 1. The Labute approximate surface area is 99.2 Å². The van der Waals surface area contributed by atoms with Crippen molar-refractivity contribution >= 4 is 16.6 Å². The quantitative estimate of drug-likeness (QED) is 0.819. The van der Waals surface area contributed by atoms with Crippen LogP contribution in [0.2, 0.25) is 0 Å². The number of rotatable bonds is 2. The van der Waals surface area contributed by atoms with Crippen LogP contribution in [-0.2, 0) is 4.74 Å². The number of nitrogens with zero attached hydrogens (tertiary/aromatic N) is 1. The monoisotopic (exact) mass is 230 g/mol. The van der Waals surface area contributed by atoms with Gasteiger partial charge in [0.2, 0.25) is 0 Å². The molecule has 0 saturated carbocycles. The highest BCUT2D eigenvalue weighted by atomic mass is 16.5. The molecule has 1 fully saturated rings. The predicted molar refractivity (Wildman–Crippen MR) is 66.0 cm³/mol. The Hall–Kier alpha value is -1.65. The molecular formula is C13H14N2O2. The van der Waals surface area contributed by atoms with Gasteiger partial charge in [-0.15, -0.1) is 0 Å². The molecule has 2 aromatic rings.